The van der Waals surface area contributed by atoms with E-state index in [2.05, 4.69) is 10.6 Å². The molecule has 3 aliphatic rings. The fourth-order valence-corrected chi connectivity index (χ4v) is 9.76. The van der Waals surface area contributed by atoms with Gasteiger partial charge in [0.1, 0.15) is 22.4 Å². The third-order valence-electron chi connectivity index (χ3n) is 9.34. The standard InChI is InChI=1S/C29H26F8N2O5S/c1-25(11-10-23(41)39-25)24(42)38-22-13-17(14-40)26(45(43,44)19-6-4-18(30)5-7-19)20-9-3-16(12-15(20)2-8-21(22)26)27(31,28(32,33)34)29(35,36)37/h3-7,9,12,14,17,21-22H,2,8,10-11,13H2,1H3,(H,38,42)(H,39,41)/t17?,21-,22+,25?,26-/m0/s1. The van der Waals surface area contributed by atoms with Crippen LogP contribution in [0.5, 0.6) is 0 Å². The average molecular weight is 667 g/mol. The Balaban J connectivity index is 1.71. The van der Waals surface area contributed by atoms with Gasteiger partial charge in [-0.2, -0.15) is 26.3 Å². The van der Waals surface area contributed by atoms with Crippen LogP contribution in [0.15, 0.2) is 47.4 Å². The number of sulfone groups is 1. The molecule has 244 valence electrons. The van der Waals surface area contributed by atoms with Crippen LogP contribution in [0.3, 0.4) is 0 Å². The lowest BCUT2D eigenvalue weighted by Crippen LogP contribution is -2.57. The van der Waals surface area contributed by atoms with Crippen molar-refractivity contribution in [3.63, 3.8) is 0 Å². The van der Waals surface area contributed by atoms with Crippen LogP contribution < -0.4 is 10.6 Å². The highest BCUT2D eigenvalue weighted by molar-refractivity contribution is 7.92. The topological polar surface area (TPSA) is 109 Å². The number of carbonyl (C=O) groups is 3. The average Bonchev–Trinajstić information content (AvgIpc) is 3.48. The van der Waals surface area contributed by atoms with Crippen LogP contribution in [0.2, 0.25) is 0 Å². The van der Waals surface area contributed by atoms with Crippen molar-refractivity contribution >= 4 is 27.9 Å². The molecule has 5 rings (SSSR count). The predicted octanol–water partition coefficient (Wildman–Crippen LogP) is 4.72. The molecule has 7 nitrogen and oxygen atoms in total. The molecule has 2 aromatic rings. The van der Waals surface area contributed by atoms with Gasteiger partial charge in [0.2, 0.25) is 11.8 Å². The summed E-state index contributed by atoms with van der Waals surface area (Å²) in [6.45, 7) is 1.45. The molecule has 2 aromatic carbocycles. The number of fused-ring (bicyclic) bond motifs is 3. The summed E-state index contributed by atoms with van der Waals surface area (Å²) in [5.41, 5.74) is -9.65. The van der Waals surface area contributed by atoms with Crippen molar-refractivity contribution in [2.45, 2.75) is 78.3 Å². The summed E-state index contributed by atoms with van der Waals surface area (Å²) in [7, 11) is -4.83. The first-order valence-corrected chi connectivity index (χ1v) is 15.3. The highest BCUT2D eigenvalue weighted by Crippen LogP contribution is 2.61. The second-order valence-corrected chi connectivity index (χ2v) is 14.0. The Morgan fingerprint density at radius 1 is 1.00 bits per heavy atom. The molecule has 1 saturated heterocycles. The third-order valence-corrected chi connectivity index (χ3v) is 12.0. The highest BCUT2D eigenvalue weighted by Gasteiger charge is 2.74. The number of benzene rings is 2. The zero-order valence-electron chi connectivity index (χ0n) is 23.4. The molecule has 2 unspecified atom stereocenters. The Morgan fingerprint density at radius 2 is 1.62 bits per heavy atom. The zero-order chi connectivity index (χ0) is 33.4. The smallest absolute Gasteiger partial charge is 0.351 e. The van der Waals surface area contributed by atoms with Crippen LogP contribution in [0.1, 0.15) is 49.3 Å². The van der Waals surface area contributed by atoms with E-state index in [-0.39, 0.29) is 55.6 Å². The van der Waals surface area contributed by atoms with Gasteiger partial charge in [0.05, 0.1) is 4.90 Å². The number of carbonyl (C=O) groups excluding carboxylic acids is 3. The van der Waals surface area contributed by atoms with Crippen LogP contribution in [-0.4, -0.2) is 50.5 Å². The number of aldehydes is 1. The predicted molar refractivity (Wildman–Crippen MR) is 140 cm³/mol. The number of amides is 2. The summed E-state index contributed by atoms with van der Waals surface area (Å²) >= 11 is 0. The van der Waals surface area contributed by atoms with Gasteiger partial charge in [-0.05, 0) is 68.0 Å². The minimum Gasteiger partial charge on any atom is -0.351 e. The molecule has 5 atom stereocenters. The van der Waals surface area contributed by atoms with Crippen molar-refractivity contribution in [3.8, 4) is 0 Å². The number of rotatable bonds is 6. The normalized spacial score (nSPS) is 28.6. The monoisotopic (exact) mass is 666 g/mol. The Labute approximate surface area is 251 Å². The number of alkyl halides is 7. The van der Waals surface area contributed by atoms with Crippen molar-refractivity contribution in [3.05, 3.63) is 65.0 Å². The van der Waals surface area contributed by atoms with Gasteiger partial charge in [0.25, 0.3) is 0 Å². The van der Waals surface area contributed by atoms with Gasteiger partial charge in [-0.3, -0.25) is 9.59 Å². The van der Waals surface area contributed by atoms with Gasteiger partial charge in [-0.25, -0.2) is 17.2 Å². The number of halogens is 8. The van der Waals surface area contributed by atoms with Crippen LogP contribution >= 0.6 is 0 Å². The quantitative estimate of drug-likeness (QED) is 0.264. The Kier molecular flexibility index (Phi) is 7.65. The summed E-state index contributed by atoms with van der Waals surface area (Å²) < 4.78 is 137. The number of aryl methyl sites for hydroxylation is 1. The fraction of sp³-hybridized carbons (Fsp3) is 0.483. The summed E-state index contributed by atoms with van der Waals surface area (Å²) in [4.78, 5) is 37.3. The molecule has 45 heavy (non-hydrogen) atoms. The fourth-order valence-electron chi connectivity index (χ4n) is 7.16. The Hall–Kier alpha value is -3.56. The first kappa shape index (κ1) is 32.8. The van der Waals surface area contributed by atoms with Gasteiger partial charge in [0, 0.05) is 29.9 Å². The van der Waals surface area contributed by atoms with Crippen molar-refractivity contribution in [2.24, 2.45) is 11.8 Å². The number of nitrogens with one attached hydrogen (secondary N) is 2. The highest BCUT2D eigenvalue weighted by atomic mass is 32.2. The lowest BCUT2D eigenvalue weighted by molar-refractivity contribution is -0.348. The Bertz CT molecular complexity index is 1650. The Morgan fingerprint density at radius 3 is 2.16 bits per heavy atom. The molecule has 2 N–H and O–H groups in total. The molecule has 0 aromatic heterocycles. The van der Waals surface area contributed by atoms with Gasteiger partial charge < -0.3 is 15.4 Å². The van der Waals surface area contributed by atoms with E-state index in [9.17, 15) is 53.5 Å². The molecule has 1 aliphatic heterocycles. The number of hydrogen-bond donors (Lipinski definition) is 2. The van der Waals surface area contributed by atoms with Crippen molar-refractivity contribution in [1.29, 1.82) is 0 Å². The largest absolute Gasteiger partial charge is 0.435 e. The maximum atomic E-state index is 15.0. The van der Waals surface area contributed by atoms with Crippen molar-refractivity contribution in [1.82, 2.24) is 10.6 Å². The van der Waals surface area contributed by atoms with E-state index in [0.29, 0.717) is 12.1 Å². The summed E-state index contributed by atoms with van der Waals surface area (Å²) in [6.07, 6.45) is -13.3. The van der Waals surface area contributed by atoms with E-state index >= 15 is 4.39 Å². The molecule has 2 aliphatic carbocycles. The first-order valence-electron chi connectivity index (χ1n) is 13.8. The summed E-state index contributed by atoms with van der Waals surface area (Å²) in [5.74, 6) is -4.56. The molecule has 0 radical (unpaired) electrons. The number of hydrogen-bond acceptors (Lipinski definition) is 5. The van der Waals surface area contributed by atoms with Crippen LogP contribution in [0.25, 0.3) is 0 Å². The summed E-state index contributed by atoms with van der Waals surface area (Å²) in [5, 5.41) is 5.25. The first-order chi connectivity index (χ1) is 20.7. The maximum Gasteiger partial charge on any atom is 0.435 e. The van der Waals surface area contributed by atoms with Crippen LogP contribution in [0.4, 0.5) is 35.1 Å². The van der Waals surface area contributed by atoms with E-state index in [1.807, 2.05) is 0 Å². The second kappa shape index (κ2) is 10.5. The zero-order valence-corrected chi connectivity index (χ0v) is 24.2. The van der Waals surface area contributed by atoms with Gasteiger partial charge in [-0.15, -0.1) is 0 Å². The summed E-state index contributed by atoms with van der Waals surface area (Å²) in [6, 6.07) is 3.57. The molecule has 1 heterocycles. The molecule has 2 amide bonds. The molecule has 16 heteroatoms. The third kappa shape index (κ3) is 4.73. The van der Waals surface area contributed by atoms with E-state index in [0.717, 1.165) is 24.3 Å². The van der Waals surface area contributed by atoms with E-state index in [1.165, 1.54) is 6.92 Å². The van der Waals surface area contributed by atoms with E-state index < -0.39 is 84.1 Å². The molecule has 1 saturated carbocycles. The second-order valence-electron chi connectivity index (χ2n) is 11.9. The maximum absolute atomic E-state index is 15.0. The molecule has 0 spiro atoms. The molecular weight excluding hydrogens is 640 g/mol. The van der Waals surface area contributed by atoms with Crippen LogP contribution in [0, 0.1) is 17.7 Å². The minimum atomic E-state index is -6.42. The SMILES string of the molecule is CC1(C(=O)N[C@@H]2CC(C=O)[C@]3(S(=O)(=O)c4ccc(F)cc4)c4ccc(C(F)(C(F)(F)F)C(F)(F)F)cc4CC[C@@H]23)CCC(=O)N1. The van der Waals surface area contributed by atoms with Gasteiger partial charge >= 0.3 is 18.0 Å². The lowest BCUT2D eigenvalue weighted by atomic mass is 9.71. The van der Waals surface area contributed by atoms with Crippen molar-refractivity contribution < 1.29 is 57.9 Å². The van der Waals surface area contributed by atoms with E-state index in [4.69, 9.17) is 0 Å². The van der Waals surface area contributed by atoms with Gasteiger partial charge in [0.15, 0.2) is 9.84 Å². The minimum absolute atomic E-state index is 0.0412. The molecule has 0 bridgehead atoms. The van der Waals surface area contributed by atoms with Gasteiger partial charge in [-0.1, -0.05) is 18.2 Å². The van der Waals surface area contributed by atoms with Crippen LogP contribution in [-0.2, 0) is 41.1 Å². The lowest BCUT2D eigenvalue weighted by Gasteiger charge is -2.44. The van der Waals surface area contributed by atoms with E-state index in [1.54, 1.807) is 0 Å². The molecular formula is C29H26F8N2O5S. The van der Waals surface area contributed by atoms with Crippen molar-refractivity contribution in [2.75, 3.05) is 0 Å². The molecule has 2 fully saturated rings.